The first-order chi connectivity index (χ1) is 14.7. The topological polar surface area (TPSA) is 124 Å². The van der Waals surface area contributed by atoms with Crippen LogP contribution in [0.5, 0.6) is 0 Å². The van der Waals surface area contributed by atoms with Gasteiger partial charge < -0.3 is 10.2 Å². The Balaban J connectivity index is 2.39. The summed E-state index contributed by atoms with van der Waals surface area (Å²) < 4.78 is 31.1. The summed E-state index contributed by atoms with van der Waals surface area (Å²) in [5, 5.41) is 19.6. The van der Waals surface area contributed by atoms with Crippen molar-refractivity contribution in [1.29, 1.82) is 0 Å². The van der Waals surface area contributed by atoms with Gasteiger partial charge in [-0.3, -0.25) is 13.8 Å². The van der Waals surface area contributed by atoms with E-state index in [-0.39, 0.29) is 30.0 Å². The summed E-state index contributed by atoms with van der Waals surface area (Å²) in [5.41, 5.74) is 0. The van der Waals surface area contributed by atoms with Gasteiger partial charge in [0.1, 0.15) is 31.5 Å². The van der Waals surface area contributed by atoms with Crippen molar-refractivity contribution >= 4 is 21.7 Å². The zero-order valence-corrected chi connectivity index (χ0v) is 19.7. The Labute approximate surface area is 187 Å². The fourth-order valence-corrected chi connectivity index (χ4v) is 4.81. The second kappa shape index (κ2) is 14.8. The van der Waals surface area contributed by atoms with Crippen LogP contribution in [-0.4, -0.2) is 83.9 Å². The van der Waals surface area contributed by atoms with Gasteiger partial charge in [-0.05, 0) is 26.2 Å². The number of hydrogen-bond acceptors (Lipinski definition) is 6. The lowest BCUT2D eigenvalue weighted by Crippen LogP contribution is -2.59. The minimum absolute atomic E-state index is 0.0285. The number of aliphatic hydroxyl groups excluding tert-OH is 2. The molecule has 0 saturated carbocycles. The molecule has 0 fully saturated rings. The van der Waals surface area contributed by atoms with E-state index < -0.39 is 22.0 Å². The summed E-state index contributed by atoms with van der Waals surface area (Å²) in [4.78, 5) is 17.1. The van der Waals surface area contributed by atoms with Crippen LogP contribution in [0.2, 0.25) is 0 Å². The Morgan fingerprint density at radius 3 is 2.32 bits per heavy atom. The molecule has 0 aliphatic carbocycles. The monoisotopic (exact) mass is 461 g/mol. The molecule has 1 aliphatic heterocycles. The van der Waals surface area contributed by atoms with Crippen molar-refractivity contribution in [3.05, 3.63) is 12.2 Å². The molecule has 0 saturated heterocycles. The van der Waals surface area contributed by atoms with Crippen molar-refractivity contribution in [2.45, 2.75) is 77.2 Å². The van der Waals surface area contributed by atoms with Crippen LogP contribution in [0.3, 0.4) is 0 Å². The van der Waals surface area contributed by atoms with Crippen LogP contribution in [0.15, 0.2) is 17.1 Å². The zero-order valence-electron chi connectivity index (χ0n) is 18.9. The molecule has 0 aromatic rings. The zero-order chi connectivity index (χ0) is 23.2. The number of carbonyl (C=O) groups is 1. The Morgan fingerprint density at radius 1 is 1.13 bits per heavy atom. The Kier molecular flexibility index (Phi) is 13.4. The summed E-state index contributed by atoms with van der Waals surface area (Å²) in [6, 6.07) is 0. The standard InChI is InChI=1S/C22H40N2O6S/c1-2-3-4-5-6-7-8-9-10-11-12-13-21(27)22-23-14-15-24(22,16-17-25)18-20(26)19-31(28,29)30/h2-3,20,25-26H,4-19H2,1H3/p+1/b3-2+. The molecular weight excluding hydrogens is 420 g/mol. The van der Waals surface area contributed by atoms with Gasteiger partial charge in [-0.25, -0.2) is 4.99 Å². The third-order valence-electron chi connectivity index (χ3n) is 5.74. The molecule has 0 spiro atoms. The van der Waals surface area contributed by atoms with E-state index in [0.717, 1.165) is 25.7 Å². The van der Waals surface area contributed by atoms with Crippen LogP contribution >= 0.6 is 0 Å². The molecule has 31 heavy (non-hydrogen) atoms. The van der Waals surface area contributed by atoms with E-state index >= 15 is 0 Å². The third kappa shape index (κ3) is 11.3. The molecule has 1 rings (SSSR count). The van der Waals surface area contributed by atoms with Crippen LogP contribution < -0.4 is 0 Å². The van der Waals surface area contributed by atoms with Crippen LogP contribution in [0, 0.1) is 0 Å². The number of nitrogens with zero attached hydrogens (tertiary/aromatic N) is 2. The number of Topliss-reactive ketones (excluding diaryl/α,β-unsaturated/α-hetero) is 1. The lowest BCUT2D eigenvalue weighted by Gasteiger charge is -2.34. The summed E-state index contributed by atoms with van der Waals surface area (Å²) >= 11 is 0. The molecule has 8 nitrogen and oxygen atoms in total. The fourth-order valence-electron chi connectivity index (χ4n) is 4.22. The van der Waals surface area contributed by atoms with Gasteiger partial charge in [0.05, 0.1) is 13.2 Å². The van der Waals surface area contributed by atoms with Gasteiger partial charge >= 0.3 is 0 Å². The predicted octanol–water partition coefficient (Wildman–Crippen LogP) is 2.50. The molecule has 3 N–H and O–H groups in total. The maximum Gasteiger partial charge on any atom is 0.267 e. The summed E-state index contributed by atoms with van der Waals surface area (Å²) in [6.45, 7) is 2.77. The van der Waals surface area contributed by atoms with Gasteiger partial charge in [-0.15, -0.1) is 0 Å². The Hall–Kier alpha value is -1.13. The molecule has 0 bridgehead atoms. The van der Waals surface area contributed by atoms with Crippen molar-refractivity contribution in [2.24, 2.45) is 4.99 Å². The molecule has 9 heteroatoms. The van der Waals surface area contributed by atoms with Gasteiger partial charge in [-0.1, -0.05) is 50.7 Å². The van der Waals surface area contributed by atoms with Gasteiger partial charge in [-0.2, -0.15) is 8.42 Å². The minimum Gasteiger partial charge on any atom is -0.390 e. The molecule has 2 atom stereocenters. The number of unbranched alkanes of at least 4 members (excludes halogenated alkanes) is 8. The highest BCUT2D eigenvalue weighted by Crippen LogP contribution is 2.20. The van der Waals surface area contributed by atoms with Crippen molar-refractivity contribution in [2.75, 3.05) is 38.5 Å². The average molecular weight is 462 g/mol. The van der Waals surface area contributed by atoms with Gasteiger partial charge in [0, 0.05) is 6.42 Å². The second-order valence-corrected chi connectivity index (χ2v) is 9.96. The summed E-state index contributed by atoms with van der Waals surface area (Å²) in [5.74, 6) is -0.589. The first kappa shape index (κ1) is 27.9. The largest absolute Gasteiger partial charge is 0.390 e. The van der Waals surface area contributed by atoms with E-state index in [2.05, 4.69) is 17.1 Å². The highest BCUT2D eigenvalue weighted by atomic mass is 32.2. The first-order valence-electron chi connectivity index (χ1n) is 11.5. The number of hydrogen-bond donors (Lipinski definition) is 3. The first-order valence-corrected chi connectivity index (χ1v) is 13.1. The van der Waals surface area contributed by atoms with Crippen LogP contribution in [0.25, 0.3) is 0 Å². The van der Waals surface area contributed by atoms with Gasteiger partial charge in [0.15, 0.2) is 0 Å². The molecule has 0 radical (unpaired) electrons. The predicted molar refractivity (Wildman–Crippen MR) is 123 cm³/mol. The van der Waals surface area contributed by atoms with E-state index in [9.17, 15) is 23.4 Å². The lowest BCUT2D eigenvalue weighted by molar-refractivity contribution is -0.837. The maximum atomic E-state index is 12.8. The average Bonchev–Trinajstić information content (AvgIpc) is 3.07. The van der Waals surface area contributed by atoms with E-state index in [0.29, 0.717) is 25.3 Å². The van der Waals surface area contributed by atoms with Crippen molar-refractivity contribution < 1.29 is 32.5 Å². The SMILES string of the molecule is C/C=C/CCCCCCCCCCC(=O)C1=NCC[N+]1(CCO)CC(O)CS(=O)(=O)O. The number of rotatable bonds is 18. The quantitative estimate of drug-likeness (QED) is 0.125. The van der Waals surface area contributed by atoms with E-state index in [4.69, 9.17) is 4.55 Å². The van der Waals surface area contributed by atoms with Crippen molar-refractivity contribution in [3.8, 4) is 0 Å². The number of quaternary nitrogens is 1. The summed E-state index contributed by atoms with van der Waals surface area (Å²) in [7, 11) is -4.33. The lowest BCUT2D eigenvalue weighted by atomic mass is 10.0. The number of aliphatic imine (C=N–C) groups is 1. The van der Waals surface area contributed by atoms with Gasteiger partial charge in [0.25, 0.3) is 16.0 Å². The Morgan fingerprint density at radius 2 is 1.74 bits per heavy atom. The van der Waals surface area contributed by atoms with Gasteiger partial charge in [0.2, 0.25) is 5.78 Å². The number of carbonyl (C=O) groups excluding carboxylic acids is 1. The molecule has 0 aromatic heterocycles. The Bertz CT molecular complexity index is 692. The van der Waals surface area contributed by atoms with Crippen LogP contribution in [0.4, 0.5) is 0 Å². The van der Waals surface area contributed by atoms with E-state index in [1.54, 1.807) is 0 Å². The van der Waals surface area contributed by atoms with Crippen LogP contribution in [-0.2, 0) is 14.9 Å². The number of allylic oxidation sites excluding steroid dienone is 2. The number of amidine groups is 1. The molecular formula is C22H41N2O6S+. The minimum atomic E-state index is -4.33. The number of aliphatic hydroxyl groups is 2. The molecule has 1 aliphatic rings. The maximum absolute atomic E-state index is 12.8. The molecule has 2 unspecified atom stereocenters. The van der Waals surface area contributed by atoms with E-state index in [1.807, 2.05) is 6.92 Å². The fraction of sp³-hybridized carbons (Fsp3) is 0.818. The normalized spacial score (nSPS) is 20.3. The second-order valence-electron chi connectivity index (χ2n) is 8.47. The highest BCUT2D eigenvalue weighted by molar-refractivity contribution is 7.85. The molecule has 180 valence electrons. The van der Waals surface area contributed by atoms with E-state index in [1.165, 1.54) is 32.1 Å². The molecule has 0 amide bonds. The van der Waals surface area contributed by atoms with Crippen LogP contribution in [0.1, 0.15) is 71.1 Å². The smallest absolute Gasteiger partial charge is 0.267 e. The third-order valence-corrected chi connectivity index (χ3v) is 6.55. The van der Waals surface area contributed by atoms with Crippen molar-refractivity contribution in [3.63, 3.8) is 0 Å². The summed E-state index contributed by atoms with van der Waals surface area (Å²) in [6.07, 6.45) is 13.5. The molecule has 1 heterocycles. The molecule has 0 aromatic carbocycles. The number of ketones is 1. The van der Waals surface area contributed by atoms with Crippen molar-refractivity contribution in [1.82, 2.24) is 0 Å². The highest BCUT2D eigenvalue weighted by Gasteiger charge is 2.43.